The molecule has 29 heavy (non-hydrogen) atoms. The topological polar surface area (TPSA) is 68.2 Å². The molecular weight excluding hydrogens is 483 g/mol. The van der Waals surface area contributed by atoms with Crippen LogP contribution < -0.4 is 10.1 Å². The number of ether oxygens (including phenoxy) is 3. The summed E-state index contributed by atoms with van der Waals surface area (Å²) in [4.78, 5) is 11.2. The molecule has 2 unspecified atom stereocenters. The van der Waals surface area contributed by atoms with Crippen molar-refractivity contribution in [3.63, 3.8) is 0 Å². The zero-order valence-corrected chi connectivity index (χ0v) is 19.5. The van der Waals surface area contributed by atoms with E-state index in [-0.39, 0.29) is 36.2 Å². The second kappa shape index (κ2) is 11.3. The van der Waals surface area contributed by atoms with Crippen LogP contribution in [0.1, 0.15) is 44.1 Å². The van der Waals surface area contributed by atoms with Gasteiger partial charge in [0, 0.05) is 45.0 Å². The van der Waals surface area contributed by atoms with E-state index in [0.29, 0.717) is 19.3 Å². The lowest BCUT2D eigenvalue weighted by Gasteiger charge is -2.37. The molecule has 162 valence electrons. The summed E-state index contributed by atoms with van der Waals surface area (Å²) in [5, 5.41) is 3.49. The van der Waals surface area contributed by atoms with Crippen LogP contribution in [0.3, 0.4) is 0 Å². The van der Waals surface area contributed by atoms with Crippen molar-refractivity contribution in [3.05, 3.63) is 23.9 Å². The molecule has 0 aromatic carbocycles. The van der Waals surface area contributed by atoms with Crippen molar-refractivity contribution in [2.45, 2.75) is 63.4 Å². The maximum atomic E-state index is 6.16. The van der Waals surface area contributed by atoms with Crippen molar-refractivity contribution >= 4 is 29.9 Å². The van der Waals surface area contributed by atoms with Gasteiger partial charge in [-0.3, -0.25) is 4.99 Å². The number of morpholine rings is 1. The monoisotopic (exact) mass is 516 g/mol. The maximum absolute atomic E-state index is 6.16. The Hall–Kier alpha value is -1.13. The summed E-state index contributed by atoms with van der Waals surface area (Å²) >= 11 is 0. The van der Waals surface area contributed by atoms with Crippen LogP contribution in [0, 0.1) is 0 Å². The van der Waals surface area contributed by atoms with Crippen molar-refractivity contribution in [3.8, 4) is 5.88 Å². The van der Waals surface area contributed by atoms with E-state index >= 15 is 0 Å². The molecule has 2 aliphatic heterocycles. The third-order valence-corrected chi connectivity index (χ3v) is 5.85. The van der Waals surface area contributed by atoms with Gasteiger partial charge < -0.3 is 24.4 Å². The zero-order valence-electron chi connectivity index (χ0n) is 17.2. The van der Waals surface area contributed by atoms with Gasteiger partial charge in [-0.25, -0.2) is 4.98 Å². The number of nitrogens with one attached hydrogen (secondary N) is 1. The summed E-state index contributed by atoms with van der Waals surface area (Å²) in [5.41, 5.74) is 1.07. The van der Waals surface area contributed by atoms with Crippen molar-refractivity contribution in [1.82, 2.24) is 15.2 Å². The minimum Gasteiger partial charge on any atom is -0.474 e. The summed E-state index contributed by atoms with van der Waals surface area (Å²) in [6.45, 7) is 3.84. The number of hydrogen-bond acceptors (Lipinski definition) is 5. The molecule has 3 aliphatic rings. The van der Waals surface area contributed by atoms with Gasteiger partial charge in [-0.2, -0.15) is 0 Å². The van der Waals surface area contributed by atoms with Gasteiger partial charge in [0.25, 0.3) is 0 Å². The van der Waals surface area contributed by atoms with Crippen LogP contribution in [0.2, 0.25) is 0 Å². The number of guanidine groups is 1. The lowest BCUT2D eigenvalue weighted by molar-refractivity contribution is -0.0817. The number of aliphatic imine (C=N–C) groups is 1. The Labute approximate surface area is 190 Å². The number of pyridine rings is 1. The quantitative estimate of drug-likeness (QED) is 0.369. The number of nitrogens with zero attached hydrogens (tertiary/aromatic N) is 3. The van der Waals surface area contributed by atoms with Crippen LogP contribution in [0.15, 0.2) is 23.3 Å². The number of halogens is 1. The van der Waals surface area contributed by atoms with E-state index < -0.39 is 0 Å². The number of rotatable bonds is 5. The summed E-state index contributed by atoms with van der Waals surface area (Å²) < 4.78 is 18.0. The van der Waals surface area contributed by atoms with Crippen molar-refractivity contribution in [2.24, 2.45) is 4.99 Å². The molecule has 7 nitrogen and oxygen atoms in total. The third-order valence-electron chi connectivity index (χ3n) is 5.85. The highest BCUT2D eigenvalue weighted by Gasteiger charge is 2.32. The predicted molar refractivity (Wildman–Crippen MR) is 123 cm³/mol. The Balaban J connectivity index is 0.00000240. The highest BCUT2D eigenvalue weighted by Crippen LogP contribution is 2.25. The average molecular weight is 516 g/mol. The lowest BCUT2D eigenvalue weighted by Crippen LogP contribution is -2.53. The second-order valence-corrected chi connectivity index (χ2v) is 7.80. The standard InChI is InChI=1S/C21H32N4O3.HI/c1-22-21(25-11-13-27-19(15-25)18-9-5-12-26-18)24-14-16-6-4-10-23-20(16)28-17-7-2-3-8-17;/h4,6,10,17-19H,2-3,5,7-9,11-15H2,1H3,(H,22,24);1H. The normalized spacial score (nSPS) is 25.7. The molecule has 3 heterocycles. The van der Waals surface area contributed by atoms with E-state index in [0.717, 1.165) is 62.8 Å². The first kappa shape index (κ1) is 22.6. The van der Waals surface area contributed by atoms with Gasteiger partial charge in [0.2, 0.25) is 5.88 Å². The average Bonchev–Trinajstić information content (AvgIpc) is 3.44. The first-order valence-electron chi connectivity index (χ1n) is 10.6. The second-order valence-electron chi connectivity index (χ2n) is 7.80. The first-order valence-corrected chi connectivity index (χ1v) is 10.6. The Morgan fingerprint density at radius 2 is 2.03 bits per heavy atom. The van der Waals surface area contributed by atoms with Crippen molar-refractivity contribution in [2.75, 3.05) is 33.4 Å². The summed E-state index contributed by atoms with van der Waals surface area (Å²) in [6.07, 6.45) is 9.41. The van der Waals surface area contributed by atoms with Gasteiger partial charge in [-0.15, -0.1) is 24.0 Å². The Morgan fingerprint density at radius 3 is 2.79 bits per heavy atom. The van der Waals surface area contributed by atoms with Gasteiger partial charge in [0.05, 0.1) is 12.7 Å². The van der Waals surface area contributed by atoms with Crippen LogP contribution in [-0.2, 0) is 16.0 Å². The molecular formula is C21H33IN4O3. The Morgan fingerprint density at radius 1 is 1.21 bits per heavy atom. The zero-order chi connectivity index (χ0) is 19.2. The fourth-order valence-electron chi connectivity index (χ4n) is 4.32. The van der Waals surface area contributed by atoms with Crippen molar-refractivity contribution < 1.29 is 14.2 Å². The molecule has 1 aromatic rings. The predicted octanol–water partition coefficient (Wildman–Crippen LogP) is 2.98. The third kappa shape index (κ3) is 5.95. The molecule has 0 bridgehead atoms. The Kier molecular flexibility index (Phi) is 8.80. The highest BCUT2D eigenvalue weighted by atomic mass is 127. The van der Waals surface area contributed by atoms with Gasteiger partial charge in [0.15, 0.2) is 5.96 Å². The van der Waals surface area contributed by atoms with Crippen LogP contribution in [0.25, 0.3) is 0 Å². The molecule has 2 atom stereocenters. The van der Waals surface area contributed by atoms with E-state index in [9.17, 15) is 0 Å². The molecule has 2 saturated heterocycles. The van der Waals surface area contributed by atoms with E-state index in [1.54, 1.807) is 6.20 Å². The largest absolute Gasteiger partial charge is 0.474 e. The maximum Gasteiger partial charge on any atom is 0.218 e. The van der Waals surface area contributed by atoms with E-state index in [4.69, 9.17) is 14.2 Å². The smallest absolute Gasteiger partial charge is 0.218 e. The molecule has 8 heteroatoms. The van der Waals surface area contributed by atoms with E-state index in [1.165, 1.54) is 12.8 Å². The molecule has 0 radical (unpaired) electrons. The molecule has 4 rings (SSSR count). The molecule has 1 aliphatic carbocycles. The van der Waals surface area contributed by atoms with Crippen LogP contribution in [0.5, 0.6) is 5.88 Å². The Bertz CT molecular complexity index is 663. The highest BCUT2D eigenvalue weighted by molar-refractivity contribution is 14.0. The minimum absolute atomic E-state index is 0. The molecule has 1 aromatic heterocycles. The van der Waals surface area contributed by atoms with Gasteiger partial charge in [-0.1, -0.05) is 6.07 Å². The minimum atomic E-state index is 0. The molecule has 1 N–H and O–H groups in total. The van der Waals surface area contributed by atoms with Crippen LogP contribution >= 0.6 is 24.0 Å². The fourth-order valence-corrected chi connectivity index (χ4v) is 4.32. The van der Waals surface area contributed by atoms with Crippen LogP contribution in [-0.4, -0.2) is 67.5 Å². The number of hydrogen-bond donors (Lipinski definition) is 1. The van der Waals surface area contributed by atoms with Gasteiger partial charge in [-0.05, 0) is 44.6 Å². The van der Waals surface area contributed by atoms with Gasteiger partial charge in [0.1, 0.15) is 12.2 Å². The summed E-state index contributed by atoms with van der Waals surface area (Å²) in [5.74, 6) is 1.64. The number of aromatic nitrogens is 1. The summed E-state index contributed by atoms with van der Waals surface area (Å²) in [7, 11) is 1.83. The SMILES string of the molecule is CN=C(NCc1cccnc1OC1CCCC1)N1CCOC(C2CCCO2)C1.I. The molecule has 3 fully saturated rings. The summed E-state index contributed by atoms with van der Waals surface area (Å²) in [6, 6.07) is 4.04. The van der Waals surface area contributed by atoms with E-state index in [1.807, 2.05) is 13.1 Å². The first-order chi connectivity index (χ1) is 13.8. The van der Waals surface area contributed by atoms with E-state index in [2.05, 4.69) is 26.3 Å². The fraction of sp³-hybridized carbons (Fsp3) is 0.714. The molecule has 0 amide bonds. The van der Waals surface area contributed by atoms with Gasteiger partial charge >= 0.3 is 0 Å². The van der Waals surface area contributed by atoms with Crippen molar-refractivity contribution in [1.29, 1.82) is 0 Å². The molecule has 1 saturated carbocycles. The van der Waals surface area contributed by atoms with Crippen LogP contribution in [0.4, 0.5) is 0 Å². The molecule has 0 spiro atoms. The lowest BCUT2D eigenvalue weighted by atomic mass is 10.1.